The van der Waals surface area contributed by atoms with E-state index in [4.69, 9.17) is 4.74 Å². The molecule has 106 valence electrons. The fourth-order valence-electron chi connectivity index (χ4n) is 2.31. The molecule has 0 saturated heterocycles. The third-order valence-electron chi connectivity index (χ3n) is 3.69. The lowest BCUT2D eigenvalue weighted by Crippen LogP contribution is -2.07. The first kappa shape index (κ1) is 14.6. The van der Waals surface area contributed by atoms with Crippen LogP contribution >= 0.6 is 0 Å². The number of benzene rings is 2. The van der Waals surface area contributed by atoms with Crippen molar-refractivity contribution in [2.45, 2.75) is 46.1 Å². The highest BCUT2D eigenvalue weighted by atomic mass is 16.5. The van der Waals surface area contributed by atoms with Crippen LogP contribution in [0.25, 0.3) is 0 Å². The van der Waals surface area contributed by atoms with E-state index in [-0.39, 0.29) is 6.10 Å². The smallest absolute Gasteiger partial charge is 0.123 e. The molecule has 0 heterocycles. The van der Waals surface area contributed by atoms with Gasteiger partial charge in [0, 0.05) is 0 Å². The normalized spacial score (nSPS) is 12.4. The third-order valence-corrected chi connectivity index (χ3v) is 3.69. The Kier molecular flexibility index (Phi) is 4.84. The van der Waals surface area contributed by atoms with Gasteiger partial charge in [-0.2, -0.15) is 0 Å². The van der Waals surface area contributed by atoms with Crippen LogP contribution in [0.1, 0.15) is 55.9 Å². The fraction of sp³-hybridized carbons (Fsp3) is 0.368. The zero-order chi connectivity index (χ0) is 14.5. The van der Waals surface area contributed by atoms with Gasteiger partial charge in [-0.1, -0.05) is 63.2 Å². The Balaban J connectivity index is 2.25. The molecular formula is C19H24O. The van der Waals surface area contributed by atoms with Gasteiger partial charge in [-0.05, 0) is 42.0 Å². The quantitative estimate of drug-likeness (QED) is 0.681. The van der Waals surface area contributed by atoms with E-state index < -0.39 is 0 Å². The first-order valence-corrected chi connectivity index (χ1v) is 7.44. The summed E-state index contributed by atoms with van der Waals surface area (Å²) in [5.74, 6) is 1.53. The molecule has 0 amide bonds. The van der Waals surface area contributed by atoms with Gasteiger partial charge in [0.25, 0.3) is 0 Å². The maximum atomic E-state index is 6.27. The molecule has 0 N–H and O–H groups in total. The topological polar surface area (TPSA) is 9.23 Å². The summed E-state index contributed by atoms with van der Waals surface area (Å²) in [6.07, 6.45) is 1.09. The second-order valence-corrected chi connectivity index (χ2v) is 5.61. The Morgan fingerprint density at radius 2 is 1.65 bits per heavy atom. The summed E-state index contributed by atoms with van der Waals surface area (Å²) in [5.41, 5.74) is 3.77. The van der Waals surface area contributed by atoms with Crippen molar-refractivity contribution in [2.75, 3.05) is 0 Å². The zero-order valence-electron chi connectivity index (χ0n) is 12.9. The lowest BCUT2D eigenvalue weighted by Gasteiger charge is -2.20. The molecular weight excluding hydrogens is 244 g/mol. The van der Waals surface area contributed by atoms with Crippen LogP contribution in [0.2, 0.25) is 0 Å². The zero-order valence-corrected chi connectivity index (χ0v) is 12.9. The molecule has 2 aromatic carbocycles. The summed E-state index contributed by atoms with van der Waals surface area (Å²) in [7, 11) is 0. The van der Waals surface area contributed by atoms with Crippen LogP contribution in [0.15, 0.2) is 48.5 Å². The van der Waals surface area contributed by atoms with Crippen molar-refractivity contribution in [2.24, 2.45) is 0 Å². The molecule has 0 bridgehead atoms. The van der Waals surface area contributed by atoms with Crippen molar-refractivity contribution in [3.8, 4) is 5.75 Å². The SMILES string of the molecule is CCC(Oc1cc(C(C)C)ccc1C)c1ccccc1. The molecule has 0 fully saturated rings. The molecule has 1 nitrogen and oxygen atoms in total. The van der Waals surface area contributed by atoms with Crippen LogP contribution in [0.3, 0.4) is 0 Å². The summed E-state index contributed by atoms with van der Waals surface area (Å²) in [5, 5.41) is 0. The Morgan fingerprint density at radius 3 is 2.25 bits per heavy atom. The maximum absolute atomic E-state index is 6.27. The molecule has 2 rings (SSSR count). The molecule has 0 spiro atoms. The van der Waals surface area contributed by atoms with E-state index in [9.17, 15) is 0 Å². The summed E-state index contributed by atoms with van der Waals surface area (Å²) in [6, 6.07) is 17.0. The molecule has 1 atom stereocenters. The van der Waals surface area contributed by atoms with Crippen molar-refractivity contribution in [1.82, 2.24) is 0 Å². The number of ether oxygens (including phenoxy) is 1. The van der Waals surface area contributed by atoms with Gasteiger partial charge in [0.15, 0.2) is 0 Å². The average molecular weight is 268 g/mol. The largest absolute Gasteiger partial charge is 0.485 e. The molecule has 0 saturated carbocycles. The van der Waals surface area contributed by atoms with Crippen LogP contribution in [0, 0.1) is 6.92 Å². The van der Waals surface area contributed by atoms with Crippen molar-refractivity contribution in [1.29, 1.82) is 0 Å². The Bertz CT molecular complexity index is 543. The molecule has 0 aliphatic carbocycles. The Labute approximate surface area is 122 Å². The van der Waals surface area contributed by atoms with Crippen molar-refractivity contribution in [3.63, 3.8) is 0 Å². The van der Waals surface area contributed by atoms with Gasteiger partial charge < -0.3 is 4.74 Å². The first-order valence-electron chi connectivity index (χ1n) is 7.44. The number of rotatable bonds is 5. The van der Waals surface area contributed by atoms with Crippen LogP contribution in [-0.4, -0.2) is 0 Å². The molecule has 0 aliphatic rings. The second-order valence-electron chi connectivity index (χ2n) is 5.61. The van der Waals surface area contributed by atoms with Gasteiger partial charge in [-0.25, -0.2) is 0 Å². The molecule has 1 unspecified atom stereocenters. The Morgan fingerprint density at radius 1 is 0.950 bits per heavy atom. The highest BCUT2D eigenvalue weighted by molar-refractivity contribution is 5.38. The summed E-state index contributed by atoms with van der Waals surface area (Å²) < 4.78 is 6.27. The average Bonchev–Trinajstić information content (AvgIpc) is 2.47. The van der Waals surface area contributed by atoms with Gasteiger partial charge in [0.05, 0.1) is 0 Å². The van der Waals surface area contributed by atoms with E-state index in [1.807, 2.05) is 6.07 Å². The third kappa shape index (κ3) is 3.41. The van der Waals surface area contributed by atoms with Crippen LogP contribution in [-0.2, 0) is 0 Å². The van der Waals surface area contributed by atoms with Gasteiger partial charge in [-0.3, -0.25) is 0 Å². The lowest BCUT2D eigenvalue weighted by molar-refractivity contribution is 0.199. The summed E-state index contributed by atoms with van der Waals surface area (Å²) >= 11 is 0. The highest BCUT2D eigenvalue weighted by Crippen LogP contribution is 2.30. The Hall–Kier alpha value is -1.76. The number of aryl methyl sites for hydroxylation is 1. The maximum Gasteiger partial charge on any atom is 0.123 e. The van der Waals surface area contributed by atoms with Gasteiger partial charge in [0.2, 0.25) is 0 Å². The van der Waals surface area contributed by atoms with E-state index in [2.05, 4.69) is 70.2 Å². The van der Waals surface area contributed by atoms with Crippen LogP contribution in [0.4, 0.5) is 0 Å². The van der Waals surface area contributed by atoms with Crippen LogP contribution < -0.4 is 4.74 Å². The number of hydrogen-bond acceptors (Lipinski definition) is 1. The van der Waals surface area contributed by atoms with E-state index >= 15 is 0 Å². The molecule has 20 heavy (non-hydrogen) atoms. The monoisotopic (exact) mass is 268 g/mol. The minimum Gasteiger partial charge on any atom is -0.485 e. The van der Waals surface area contributed by atoms with Crippen molar-refractivity contribution >= 4 is 0 Å². The summed E-state index contributed by atoms with van der Waals surface area (Å²) in [6.45, 7) is 8.70. The molecule has 0 aliphatic heterocycles. The van der Waals surface area contributed by atoms with Crippen molar-refractivity contribution in [3.05, 3.63) is 65.2 Å². The number of hydrogen-bond donors (Lipinski definition) is 0. The van der Waals surface area contributed by atoms with Gasteiger partial charge in [0.1, 0.15) is 11.9 Å². The van der Waals surface area contributed by atoms with Gasteiger partial charge >= 0.3 is 0 Å². The minimum absolute atomic E-state index is 0.123. The van der Waals surface area contributed by atoms with E-state index in [0.29, 0.717) is 5.92 Å². The highest BCUT2D eigenvalue weighted by Gasteiger charge is 2.13. The lowest BCUT2D eigenvalue weighted by atomic mass is 10.0. The van der Waals surface area contributed by atoms with Crippen molar-refractivity contribution < 1.29 is 4.74 Å². The van der Waals surface area contributed by atoms with E-state index in [1.165, 1.54) is 16.7 Å². The van der Waals surface area contributed by atoms with Gasteiger partial charge in [-0.15, -0.1) is 0 Å². The minimum atomic E-state index is 0.123. The van der Waals surface area contributed by atoms with E-state index in [1.54, 1.807) is 0 Å². The molecule has 1 heteroatoms. The molecule has 0 aromatic heterocycles. The first-order chi connectivity index (χ1) is 9.61. The molecule has 2 aromatic rings. The predicted molar refractivity (Wildman–Crippen MR) is 85.4 cm³/mol. The second kappa shape index (κ2) is 6.60. The van der Waals surface area contributed by atoms with E-state index in [0.717, 1.165) is 12.2 Å². The fourth-order valence-corrected chi connectivity index (χ4v) is 2.31. The predicted octanol–water partition coefficient (Wildman–Crippen LogP) is 5.65. The van der Waals surface area contributed by atoms with Crippen LogP contribution in [0.5, 0.6) is 5.75 Å². The standard InChI is InChI=1S/C19H24O/c1-5-18(16-9-7-6-8-10-16)20-19-13-17(14(2)3)12-11-15(19)4/h6-14,18H,5H2,1-4H3. The summed E-state index contributed by atoms with van der Waals surface area (Å²) in [4.78, 5) is 0. The molecule has 0 radical (unpaired) electrons.